The fraction of sp³-hybridized carbons (Fsp3) is 0.684. The van der Waals surface area contributed by atoms with E-state index in [-0.39, 0.29) is 0 Å². The van der Waals surface area contributed by atoms with E-state index in [9.17, 15) is 0 Å². The van der Waals surface area contributed by atoms with Gasteiger partial charge < -0.3 is 5.73 Å². The van der Waals surface area contributed by atoms with Crippen molar-refractivity contribution in [1.82, 2.24) is 4.90 Å². The summed E-state index contributed by atoms with van der Waals surface area (Å²) in [6.45, 7) is 7.45. The molecular formula is C19H32N2. The summed E-state index contributed by atoms with van der Waals surface area (Å²) < 4.78 is 0. The van der Waals surface area contributed by atoms with Crippen LogP contribution < -0.4 is 5.73 Å². The Hall–Kier alpha value is -0.860. The van der Waals surface area contributed by atoms with Gasteiger partial charge in [0.1, 0.15) is 0 Å². The number of benzene rings is 1. The van der Waals surface area contributed by atoms with Crippen LogP contribution in [0.5, 0.6) is 0 Å². The summed E-state index contributed by atoms with van der Waals surface area (Å²) >= 11 is 0. The molecule has 0 atom stereocenters. The fourth-order valence-corrected chi connectivity index (χ4v) is 3.44. The van der Waals surface area contributed by atoms with Gasteiger partial charge in [-0.15, -0.1) is 0 Å². The maximum atomic E-state index is 5.75. The summed E-state index contributed by atoms with van der Waals surface area (Å²) in [5.74, 6) is 0. The van der Waals surface area contributed by atoms with Gasteiger partial charge in [-0.2, -0.15) is 0 Å². The summed E-state index contributed by atoms with van der Waals surface area (Å²) in [6.07, 6.45) is 9.50. The lowest BCUT2D eigenvalue weighted by molar-refractivity contribution is 0.169. The Labute approximate surface area is 130 Å². The summed E-state index contributed by atoms with van der Waals surface area (Å²) in [5.41, 5.74) is 10.0. The van der Waals surface area contributed by atoms with E-state index < -0.39 is 0 Å². The number of hydrogen-bond donors (Lipinski definition) is 1. The highest BCUT2D eigenvalue weighted by molar-refractivity contribution is 5.29. The topological polar surface area (TPSA) is 29.3 Å². The predicted octanol–water partition coefficient (Wildman–Crippen LogP) is 4.18. The van der Waals surface area contributed by atoms with Crippen molar-refractivity contribution in [1.29, 1.82) is 0 Å². The van der Waals surface area contributed by atoms with Gasteiger partial charge in [-0.3, -0.25) is 4.90 Å². The summed E-state index contributed by atoms with van der Waals surface area (Å²) in [5, 5.41) is 0. The molecule has 118 valence electrons. The number of rotatable bonds is 6. The highest BCUT2D eigenvalue weighted by Crippen LogP contribution is 2.24. The molecular weight excluding hydrogens is 256 g/mol. The Morgan fingerprint density at radius 1 is 1.05 bits per heavy atom. The van der Waals surface area contributed by atoms with Gasteiger partial charge in [-0.05, 0) is 62.9 Å². The number of aryl methyl sites for hydroxylation is 2. The van der Waals surface area contributed by atoms with Crippen molar-refractivity contribution >= 4 is 0 Å². The van der Waals surface area contributed by atoms with Crippen LogP contribution in [-0.2, 0) is 6.54 Å². The molecule has 0 spiro atoms. The van der Waals surface area contributed by atoms with Crippen molar-refractivity contribution < 1.29 is 0 Å². The van der Waals surface area contributed by atoms with E-state index in [4.69, 9.17) is 5.73 Å². The van der Waals surface area contributed by atoms with Crippen LogP contribution in [0.1, 0.15) is 61.6 Å². The van der Waals surface area contributed by atoms with Gasteiger partial charge in [0.2, 0.25) is 0 Å². The predicted molar refractivity (Wildman–Crippen MR) is 91.5 cm³/mol. The zero-order valence-electron chi connectivity index (χ0n) is 13.9. The molecule has 21 heavy (non-hydrogen) atoms. The third-order valence-corrected chi connectivity index (χ3v) is 4.95. The number of nitrogens with two attached hydrogens (primary N) is 1. The molecule has 0 amide bonds. The lowest BCUT2D eigenvalue weighted by Crippen LogP contribution is -2.36. The molecule has 0 aromatic heterocycles. The molecule has 2 heteroatoms. The summed E-state index contributed by atoms with van der Waals surface area (Å²) in [4.78, 5) is 2.70. The number of hydrogen-bond acceptors (Lipinski definition) is 2. The minimum absolute atomic E-state index is 0.764. The maximum absolute atomic E-state index is 5.75. The Morgan fingerprint density at radius 3 is 2.38 bits per heavy atom. The standard InChI is InChI=1S/C19H32N2/c1-16-10-11-18(14-17(16)2)15-21(13-7-12-20)19-8-5-3-4-6-9-19/h10-11,14,19H,3-9,12-13,15,20H2,1-2H3. The molecule has 2 N–H and O–H groups in total. The molecule has 2 nitrogen and oxygen atoms in total. The van der Waals surface area contributed by atoms with Crippen LogP contribution >= 0.6 is 0 Å². The fourth-order valence-electron chi connectivity index (χ4n) is 3.44. The largest absolute Gasteiger partial charge is 0.330 e. The van der Waals surface area contributed by atoms with Crippen LogP contribution in [0.3, 0.4) is 0 Å². The maximum Gasteiger partial charge on any atom is 0.0236 e. The van der Waals surface area contributed by atoms with Gasteiger partial charge in [0.25, 0.3) is 0 Å². The molecule has 0 unspecified atom stereocenters. The summed E-state index contributed by atoms with van der Waals surface area (Å²) in [7, 11) is 0. The zero-order valence-corrected chi connectivity index (χ0v) is 13.9. The summed E-state index contributed by atoms with van der Waals surface area (Å²) in [6, 6.07) is 7.69. The SMILES string of the molecule is Cc1ccc(CN(CCCN)C2CCCCCC2)cc1C. The average molecular weight is 288 g/mol. The highest BCUT2D eigenvalue weighted by atomic mass is 15.1. The Kier molecular flexibility index (Phi) is 6.72. The van der Waals surface area contributed by atoms with E-state index in [1.165, 1.54) is 55.2 Å². The molecule has 0 saturated heterocycles. The smallest absolute Gasteiger partial charge is 0.0236 e. The van der Waals surface area contributed by atoms with Gasteiger partial charge in [-0.1, -0.05) is 43.9 Å². The average Bonchev–Trinajstić information content (AvgIpc) is 2.76. The normalized spacial score (nSPS) is 17.1. The lowest BCUT2D eigenvalue weighted by atomic mass is 10.0. The van der Waals surface area contributed by atoms with E-state index >= 15 is 0 Å². The van der Waals surface area contributed by atoms with Gasteiger partial charge in [-0.25, -0.2) is 0 Å². The van der Waals surface area contributed by atoms with Crippen LogP contribution in [0, 0.1) is 13.8 Å². The second-order valence-electron chi connectivity index (χ2n) is 6.68. The second-order valence-corrected chi connectivity index (χ2v) is 6.68. The lowest BCUT2D eigenvalue weighted by Gasteiger charge is -2.31. The molecule has 1 saturated carbocycles. The first kappa shape index (κ1) is 16.5. The first-order chi connectivity index (χ1) is 10.2. The third kappa shape index (κ3) is 5.12. The molecule has 1 aromatic carbocycles. The van der Waals surface area contributed by atoms with Crippen molar-refractivity contribution in [3.05, 3.63) is 34.9 Å². The molecule has 1 aliphatic rings. The molecule has 0 aliphatic heterocycles. The van der Waals surface area contributed by atoms with E-state index in [0.29, 0.717) is 0 Å². The Morgan fingerprint density at radius 2 is 1.76 bits per heavy atom. The van der Waals surface area contributed by atoms with Crippen molar-refractivity contribution in [3.63, 3.8) is 0 Å². The van der Waals surface area contributed by atoms with E-state index in [2.05, 4.69) is 36.9 Å². The van der Waals surface area contributed by atoms with Crippen LogP contribution in [0.25, 0.3) is 0 Å². The van der Waals surface area contributed by atoms with Crippen LogP contribution in [0.4, 0.5) is 0 Å². The first-order valence-electron chi connectivity index (χ1n) is 8.71. The van der Waals surface area contributed by atoms with Gasteiger partial charge in [0.15, 0.2) is 0 Å². The molecule has 0 radical (unpaired) electrons. The van der Waals surface area contributed by atoms with Crippen molar-refractivity contribution in [3.8, 4) is 0 Å². The molecule has 2 rings (SSSR count). The Balaban J connectivity index is 2.05. The zero-order chi connectivity index (χ0) is 15.1. The van der Waals surface area contributed by atoms with Crippen LogP contribution in [0.15, 0.2) is 18.2 Å². The monoisotopic (exact) mass is 288 g/mol. The molecule has 1 aromatic rings. The molecule has 0 bridgehead atoms. The third-order valence-electron chi connectivity index (χ3n) is 4.95. The molecule has 1 fully saturated rings. The van der Waals surface area contributed by atoms with Gasteiger partial charge in [0, 0.05) is 12.6 Å². The molecule has 1 aliphatic carbocycles. The van der Waals surface area contributed by atoms with Crippen LogP contribution in [0.2, 0.25) is 0 Å². The minimum Gasteiger partial charge on any atom is -0.330 e. The highest BCUT2D eigenvalue weighted by Gasteiger charge is 2.20. The van der Waals surface area contributed by atoms with Crippen molar-refractivity contribution in [2.24, 2.45) is 5.73 Å². The second kappa shape index (κ2) is 8.55. The van der Waals surface area contributed by atoms with Gasteiger partial charge in [0.05, 0.1) is 0 Å². The Bertz CT molecular complexity index is 420. The van der Waals surface area contributed by atoms with Crippen molar-refractivity contribution in [2.75, 3.05) is 13.1 Å². The first-order valence-corrected chi connectivity index (χ1v) is 8.71. The van der Waals surface area contributed by atoms with E-state index in [0.717, 1.165) is 32.1 Å². The van der Waals surface area contributed by atoms with Crippen LogP contribution in [-0.4, -0.2) is 24.0 Å². The quantitative estimate of drug-likeness (QED) is 0.796. The van der Waals surface area contributed by atoms with Gasteiger partial charge >= 0.3 is 0 Å². The number of nitrogens with zero attached hydrogens (tertiary/aromatic N) is 1. The minimum atomic E-state index is 0.764. The molecule has 0 heterocycles. The van der Waals surface area contributed by atoms with Crippen molar-refractivity contribution in [2.45, 2.75) is 71.4 Å². The van der Waals surface area contributed by atoms with E-state index in [1.54, 1.807) is 0 Å². The van der Waals surface area contributed by atoms with E-state index in [1.807, 2.05) is 0 Å².